The van der Waals surface area contributed by atoms with E-state index >= 15 is 0 Å². The van der Waals surface area contributed by atoms with E-state index in [-0.39, 0.29) is 35.4 Å². The second kappa shape index (κ2) is 10.3. The molecule has 0 spiro atoms. The molecule has 0 aliphatic carbocycles. The topological polar surface area (TPSA) is 118 Å². The molecule has 40 heavy (non-hydrogen) atoms. The Bertz CT molecular complexity index is 1930. The number of aryl methyl sites for hydroxylation is 1. The standard InChI is InChI=1S/C27H16ClF3N4O4S/c1-13-34-20-9-15(27(29,30)31)8-14(11-32)22(20)25(36)35(13)6-7-39-21-5-2-16(28)10-19(21)17-3-4-18(26(37)38)23-24(17)40-12-33-23/h2-5,8-10,12H,6-7H2,1H3,(H,37,38). The van der Waals surface area contributed by atoms with Crippen LogP contribution in [-0.2, 0) is 12.7 Å². The molecule has 8 nitrogen and oxygen atoms in total. The maximum atomic E-state index is 13.3. The number of alkyl halides is 3. The van der Waals surface area contributed by atoms with Crippen molar-refractivity contribution in [2.75, 3.05) is 6.61 Å². The van der Waals surface area contributed by atoms with Gasteiger partial charge in [-0.1, -0.05) is 17.7 Å². The third kappa shape index (κ3) is 4.85. The normalized spacial score (nSPS) is 11.6. The van der Waals surface area contributed by atoms with Crippen LogP contribution in [0.3, 0.4) is 0 Å². The summed E-state index contributed by atoms with van der Waals surface area (Å²) in [6.45, 7) is 1.42. The molecular formula is C27H16ClF3N4O4S. The fourth-order valence-corrected chi connectivity index (χ4v) is 5.41. The molecule has 2 heterocycles. The van der Waals surface area contributed by atoms with Crippen LogP contribution in [0, 0.1) is 18.3 Å². The summed E-state index contributed by atoms with van der Waals surface area (Å²) in [5, 5.41) is 19.1. The zero-order valence-electron chi connectivity index (χ0n) is 20.4. The zero-order valence-corrected chi connectivity index (χ0v) is 22.0. The average Bonchev–Trinajstić information content (AvgIpc) is 3.39. The quantitative estimate of drug-likeness (QED) is 0.249. The summed E-state index contributed by atoms with van der Waals surface area (Å²) in [4.78, 5) is 33.2. The highest BCUT2D eigenvalue weighted by Crippen LogP contribution is 2.39. The van der Waals surface area contributed by atoms with E-state index in [4.69, 9.17) is 16.3 Å². The highest BCUT2D eigenvalue weighted by Gasteiger charge is 2.32. The Labute approximate surface area is 232 Å². The molecule has 202 valence electrons. The Balaban J connectivity index is 1.49. The predicted molar refractivity (Wildman–Crippen MR) is 143 cm³/mol. The number of aromatic carboxylic acids is 1. The van der Waals surface area contributed by atoms with Gasteiger partial charge in [-0.2, -0.15) is 18.4 Å². The van der Waals surface area contributed by atoms with E-state index in [1.54, 1.807) is 35.8 Å². The van der Waals surface area contributed by atoms with Crippen LogP contribution in [0.2, 0.25) is 5.02 Å². The molecule has 0 saturated carbocycles. The van der Waals surface area contributed by atoms with Crippen LogP contribution in [0.25, 0.3) is 32.2 Å². The smallest absolute Gasteiger partial charge is 0.416 e. The number of benzene rings is 3. The number of ether oxygens (including phenoxy) is 1. The van der Waals surface area contributed by atoms with Gasteiger partial charge in [-0.15, -0.1) is 11.3 Å². The van der Waals surface area contributed by atoms with E-state index in [0.29, 0.717) is 38.2 Å². The van der Waals surface area contributed by atoms with Crippen LogP contribution in [0.5, 0.6) is 5.75 Å². The lowest BCUT2D eigenvalue weighted by Crippen LogP contribution is -2.27. The SMILES string of the molecule is Cc1nc2cc(C(F)(F)F)cc(C#N)c2c(=O)n1CCOc1ccc(Cl)cc1-c1ccc(C(=O)O)c2ncsc12. The number of aromatic nitrogens is 3. The molecule has 5 aromatic rings. The van der Waals surface area contributed by atoms with Gasteiger partial charge >= 0.3 is 12.1 Å². The molecule has 0 aliphatic rings. The zero-order chi connectivity index (χ0) is 28.8. The fourth-order valence-electron chi connectivity index (χ4n) is 4.39. The van der Waals surface area contributed by atoms with E-state index in [1.165, 1.54) is 28.9 Å². The van der Waals surface area contributed by atoms with Gasteiger partial charge in [0.2, 0.25) is 0 Å². The van der Waals surface area contributed by atoms with Crippen molar-refractivity contribution in [1.82, 2.24) is 14.5 Å². The van der Waals surface area contributed by atoms with Crippen molar-refractivity contribution in [3.63, 3.8) is 0 Å². The number of hydrogen-bond donors (Lipinski definition) is 1. The van der Waals surface area contributed by atoms with E-state index in [9.17, 15) is 33.1 Å². The lowest BCUT2D eigenvalue weighted by Gasteiger charge is -2.16. The van der Waals surface area contributed by atoms with Crippen molar-refractivity contribution in [2.24, 2.45) is 0 Å². The fraction of sp³-hybridized carbons (Fsp3) is 0.148. The maximum Gasteiger partial charge on any atom is 0.416 e. The van der Waals surface area contributed by atoms with Gasteiger partial charge in [-0.05, 0) is 43.3 Å². The lowest BCUT2D eigenvalue weighted by atomic mass is 10.0. The van der Waals surface area contributed by atoms with Gasteiger partial charge in [0, 0.05) is 16.1 Å². The molecule has 5 rings (SSSR count). The van der Waals surface area contributed by atoms with Crippen molar-refractivity contribution in [1.29, 1.82) is 5.26 Å². The molecule has 3 aromatic carbocycles. The molecule has 0 fully saturated rings. The number of hydrogen-bond acceptors (Lipinski definition) is 7. The Morgan fingerprint density at radius 3 is 2.67 bits per heavy atom. The van der Waals surface area contributed by atoms with Crippen molar-refractivity contribution >= 4 is 50.0 Å². The summed E-state index contributed by atoms with van der Waals surface area (Å²) in [6, 6.07) is 11.1. The molecule has 0 saturated heterocycles. The largest absolute Gasteiger partial charge is 0.491 e. The van der Waals surface area contributed by atoms with Crippen molar-refractivity contribution in [3.8, 4) is 22.9 Å². The summed E-state index contributed by atoms with van der Waals surface area (Å²) in [6.07, 6.45) is -4.70. The van der Waals surface area contributed by atoms with Crippen LogP contribution in [0.4, 0.5) is 13.2 Å². The number of nitriles is 1. The minimum absolute atomic E-state index is 0.0184. The maximum absolute atomic E-state index is 13.3. The van der Waals surface area contributed by atoms with Gasteiger partial charge in [0.15, 0.2) is 0 Å². The summed E-state index contributed by atoms with van der Waals surface area (Å²) >= 11 is 7.52. The van der Waals surface area contributed by atoms with Crippen LogP contribution < -0.4 is 10.3 Å². The first kappa shape index (κ1) is 27.1. The third-order valence-corrected chi connectivity index (χ3v) is 7.31. The van der Waals surface area contributed by atoms with E-state index < -0.39 is 28.8 Å². The highest BCUT2D eigenvalue weighted by molar-refractivity contribution is 7.17. The van der Waals surface area contributed by atoms with Gasteiger partial charge in [-0.25, -0.2) is 14.8 Å². The second-order valence-electron chi connectivity index (χ2n) is 8.63. The molecule has 0 atom stereocenters. The molecule has 0 unspecified atom stereocenters. The van der Waals surface area contributed by atoms with Gasteiger partial charge < -0.3 is 9.84 Å². The first-order valence-electron chi connectivity index (χ1n) is 11.5. The number of fused-ring (bicyclic) bond motifs is 2. The van der Waals surface area contributed by atoms with Crippen molar-refractivity contribution in [3.05, 3.63) is 85.9 Å². The number of rotatable bonds is 6. The number of thiazole rings is 1. The number of carboxylic acid groups (broad SMARTS) is 1. The number of carboxylic acids is 1. The summed E-state index contributed by atoms with van der Waals surface area (Å²) in [7, 11) is 0. The molecule has 0 radical (unpaired) electrons. The summed E-state index contributed by atoms with van der Waals surface area (Å²) in [5.41, 5.74) is 0.787. The molecule has 0 amide bonds. The Morgan fingerprint density at radius 1 is 1.20 bits per heavy atom. The number of halogens is 4. The predicted octanol–water partition coefficient (Wildman–Crippen LogP) is 6.30. The first-order chi connectivity index (χ1) is 19.0. The van der Waals surface area contributed by atoms with Crippen molar-refractivity contribution < 1.29 is 27.8 Å². The van der Waals surface area contributed by atoms with Gasteiger partial charge in [0.1, 0.15) is 24.3 Å². The molecule has 0 bridgehead atoms. The van der Waals surface area contributed by atoms with Gasteiger partial charge in [0.05, 0.1) is 49.9 Å². The number of nitrogens with zero attached hydrogens (tertiary/aromatic N) is 4. The van der Waals surface area contributed by atoms with Crippen molar-refractivity contribution in [2.45, 2.75) is 19.6 Å². The molecule has 13 heteroatoms. The lowest BCUT2D eigenvalue weighted by molar-refractivity contribution is -0.137. The van der Waals surface area contributed by atoms with Crippen LogP contribution in [0.15, 0.2) is 52.8 Å². The second-order valence-corrected chi connectivity index (χ2v) is 9.92. The van der Waals surface area contributed by atoms with Gasteiger partial charge in [-0.3, -0.25) is 9.36 Å². The minimum Gasteiger partial charge on any atom is -0.491 e. The first-order valence-corrected chi connectivity index (χ1v) is 12.8. The van der Waals surface area contributed by atoms with Crippen LogP contribution in [-0.4, -0.2) is 32.2 Å². The Morgan fingerprint density at radius 2 is 1.98 bits per heavy atom. The summed E-state index contributed by atoms with van der Waals surface area (Å²) < 4.78 is 47.7. The van der Waals surface area contributed by atoms with Gasteiger partial charge in [0.25, 0.3) is 5.56 Å². The summed E-state index contributed by atoms with van der Waals surface area (Å²) in [5.74, 6) is -0.561. The van der Waals surface area contributed by atoms with Crippen LogP contribution in [0.1, 0.15) is 27.3 Å². The Kier molecular flexibility index (Phi) is 6.95. The Hall–Kier alpha value is -4.47. The third-order valence-electron chi connectivity index (χ3n) is 6.22. The minimum atomic E-state index is -4.70. The monoisotopic (exact) mass is 584 g/mol. The molecule has 0 aliphatic heterocycles. The molecule has 1 N–H and O–H groups in total. The molecule has 2 aromatic heterocycles. The van der Waals surface area contributed by atoms with Crippen LogP contribution >= 0.6 is 22.9 Å². The van der Waals surface area contributed by atoms with E-state index in [1.807, 2.05) is 0 Å². The molecular weight excluding hydrogens is 569 g/mol. The average molecular weight is 585 g/mol. The van der Waals surface area contributed by atoms with E-state index in [2.05, 4.69) is 9.97 Å². The van der Waals surface area contributed by atoms with E-state index in [0.717, 1.165) is 6.07 Å². The number of carbonyl (C=O) groups is 1. The highest BCUT2D eigenvalue weighted by atomic mass is 35.5.